The van der Waals surface area contributed by atoms with Crippen LogP contribution in [0.3, 0.4) is 0 Å². The maximum absolute atomic E-state index is 6.30. The Kier molecular flexibility index (Phi) is 19.2. The number of aryl methyl sites for hydroxylation is 1. The molecule has 1 fully saturated rings. The highest BCUT2D eigenvalue weighted by atomic mass is 32.2. The Hall–Kier alpha value is -3.15. The van der Waals surface area contributed by atoms with E-state index >= 15 is 0 Å². The lowest BCUT2D eigenvalue weighted by atomic mass is 9.92. The van der Waals surface area contributed by atoms with E-state index in [2.05, 4.69) is 123 Å². The smallest absolute Gasteiger partial charge is 0.108 e. The lowest BCUT2D eigenvalue weighted by Crippen LogP contribution is -2.32. The second kappa shape index (κ2) is 24.9. The van der Waals surface area contributed by atoms with Gasteiger partial charge in [-0.2, -0.15) is 0 Å². The molecule has 1 unspecified atom stereocenters. The SMILES string of the molecule is CCN(c1ccc(CNCCOCCOCCOCCOCCn2cc(CO[C@@]3(C)C=CC(SN4CCCNCC4)CC3)nn2)cc1)c1cc(-c2cccs2)ccc1C. The zero-order chi connectivity index (χ0) is 41.0. The molecule has 12 nitrogen and oxygen atoms in total. The summed E-state index contributed by atoms with van der Waals surface area (Å²) in [6.07, 6.45) is 9.82. The number of hydrogen-bond acceptors (Lipinski definition) is 13. The van der Waals surface area contributed by atoms with Gasteiger partial charge < -0.3 is 39.2 Å². The van der Waals surface area contributed by atoms with E-state index in [1.165, 1.54) is 39.4 Å². The van der Waals surface area contributed by atoms with Gasteiger partial charge in [-0.25, -0.2) is 8.99 Å². The molecule has 1 aliphatic carbocycles. The van der Waals surface area contributed by atoms with Gasteiger partial charge in [0.2, 0.25) is 0 Å². The minimum absolute atomic E-state index is 0.270. The quantitative estimate of drug-likeness (QED) is 0.0378. The summed E-state index contributed by atoms with van der Waals surface area (Å²) in [5.41, 5.74) is 6.80. The minimum Gasteiger partial charge on any atom is -0.378 e. The van der Waals surface area contributed by atoms with E-state index in [0.717, 1.165) is 64.3 Å². The fourth-order valence-corrected chi connectivity index (χ4v) is 8.99. The maximum Gasteiger partial charge on any atom is 0.108 e. The van der Waals surface area contributed by atoms with E-state index in [9.17, 15) is 0 Å². The molecule has 0 bridgehead atoms. The molecule has 2 aromatic carbocycles. The number of thiophene rings is 1. The normalized spacial score (nSPS) is 18.7. The minimum atomic E-state index is -0.270. The third-order valence-corrected chi connectivity index (χ3v) is 12.8. The molecule has 2 N–H and O–H groups in total. The van der Waals surface area contributed by atoms with Crippen molar-refractivity contribution < 1.29 is 23.7 Å². The lowest BCUT2D eigenvalue weighted by Gasteiger charge is -2.33. The first-order valence-corrected chi connectivity index (χ1v) is 23.1. The van der Waals surface area contributed by atoms with Crippen molar-refractivity contribution in [3.05, 3.63) is 95.1 Å². The van der Waals surface area contributed by atoms with Gasteiger partial charge in [0.15, 0.2) is 0 Å². The van der Waals surface area contributed by atoms with Gasteiger partial charge in [0.1, 0.15) is 5.69 Å². The van der Waals surface area contributed by atoms with Gasteiger partial charge in [0, 0.05) is 60.8 Å². The van der Waals surface area contributed by atoms with Crippen LogP contribution in [0, 0.1) is 6.92 Å². The van der Waals surface area contributed by atoms with Crippen LogP contribution in [0.5, 0.6) is 0 Å². The number of hydrogen-bond donors (Lipinski definition) is 2. The summed E-state index contributed by atoms with van der Waals surface area (Å²) >= 11 is 3.76. The summed E-state index contributed by atoms with van der Waals surface area (Å²) in [6, 6.07) is 19.9. The molecule has 6 rings (SSSR count). The molecule has 0 radical (unpaired) electrons. The summed E-state index contributed by atoms with van der Waals surface area (Å²) in [5, 5.41) is 18.1. The Labute approximate surface area is 360 Å². The van der Waals surface area contributed by atoms with Crippen molar-refractivity contribution in [2.24, 2.45) is 0 Å². The van der Waals surface area contributed by atoms with Crippen molar-refractivity contribution >= 4 is 34.7 Å². The lowest BCUT2D eigenvalue weighted by molar-refractivity contribution is -0.0177. The third-order valence-electron chi connectivity index (χ3n) is 10.5. The van der Waals surface area contributed by atoms with Crippen LogP contribution in [0.1, 0.15) is 49.9 Å². The van der Waals surface area contributed by atoms with Crippen LogP contribution >= 0.6 is 23.3 Å². The fourth-order valence-electron chi connectivity index (χ4n) is 7.08. The first-order chi connectivity index (χ1) is 29.0. The third kappa shape index (κ3) is 15.4. The number of aromatic nitrogens is 3. The summed E-state index contributed by atoms with van der Waals surface area (Å²) in [6.45, 7) is 18.9. The van der Waals surface area contributed by atoms with Crippen LogP contribution in [0.4, 0.5) is 11.4 Å². The van der Waals surface area contributed by atoms with Crippen molar-refractivity contribution in [2.45, 2.75) is 70.6 Å². The number of rotatable bonds is 26. The average molecular weight is 848 g/mol. The Bertz CT molecular complexity index is 1790. The van der Waals surface area contributed by atoms with Gasteiger partial charge in [0.05, 0.1) is 77.8 Å². The molecule has 2 atom stereocenters. The zero-order valence-electron chi connectivity index (χ0n) is 35.3. The van der Waals surface area contributed by atoms with E-state index in [0.29, 0.717) is 71.3 Å². The number of anilines is 2. The molecule has 3 heterocycles. The maximum atomic E-state index is 6.30. The number of nitrogens with one attached hydrogen (secondary N) is 2. The van der Waals surface area contributed by atoms with Crippen LogP contribution in [0.2, 0.25) is 0 Å². The number of benzene rings is 2. The van der Waals surface area contributed by atoms with Crippen molar-refractivity contribution in [3.8, 4) is 10.4 Å². The highest BCUT2D eigenvalue weighted by molar-refractivity contribution is 7.97. The highest BCUT2D eigenvalue weighted by Crippen LogP contribution is 2.35. The summed E-state index contributed by atoms with van der Waals surface area (Å²) < 4.78 is 33.4. The average Bonchev–Trinajstić information content (AvgIpc) is 3.90. The highest BCUT2D eigenvalue weighted by Gasteiger charge is 2.29. The van der Waals surface area contributed by atoms with Crippen LogP contribution in [0.15, 0.2) is 78.3 Å². The molecule has 0 spiro atoms. The molecule has 322 valence electrons. The van der Waals surface area contributed by atoms with Crippen LogP contribution < -0.4 is 15.5 Å². The van der Waals surface area contributed by atoms with Crippen LogP contribution in [0.25, 0.3) is 10.4 Å². The van der Waals surface area contributed by atoms with Crippen LogP contribution in [-0.4, -0.2) is 122 Å². The first kappa shape index (κ1) is 45.4. The molecular formula is C45H65N7O5S2. The van der Waals surface area contributed by atoms with E-state index in [4.69, 9.17) is 23.7 Å². The van der Waals surface area contributed by atoms with Crippen molar-refractivity contribution in [1.29, 1.82) is 0 Å². The van der Waals surface area contributed by atoms with Crippen molar-refractivity contribution in [3.63, 3.8) is 0 Å². The standard InChI is InChI=1S/C45H65N7O5S2/c1-4-52(43-33-39(11-8-37(43)2)44-7-5-32-58-44)41-12-9-38(10-13-41)34-47-20-24-53-26-28-55-30-31-56-29-27-54-25-23-50-35-40(48-49-50)36-57-45(3)16-14-42(15-17-45)59-51-21-6-18-46-19-22-51/h5,7-14,16,32-33,35,42,46-47H,4,6,15,17-31,34,36H2,1-3H3/t42?,45-/m0/s1. The van der Waals surface area contributed by atoms with Crippen molar-refractivity contribution in [1.82, 2.24) is 29.9 Å². The fraction of sp³-hybridized carbons (Fsp3) is 0.556. The van der Waals surface area contributed by atoms with Gasteiger partial charge in [-0.05, 0) is 92.9 Å². The molecule has 4 aromatic rings. The van der Waals surface area contributed by atoms with E-state index in [-0.39, 0.29) is 5.60 Å². The Morgan fingerprint density at radius 3 is 2.46 bits per heavy atom. The molecule has 14 heteroatoms. The summed E-state index contributed by atoms with van der Waals surface area (Å²) in [7, 11) is 0. The van der Waals surface area contributed by atoms with Gasteiger partial charge in [-0.1, -0.05) is 59.6 Å². The molecule has 1 aliphatic heterocycles. The Balaban J connectivity index is 0.725. The number of nitrogens with zero attached hydrogens (tertiary/aromatic N) is 5. The van der Waals surface area contributed by atoms with Gasteiger partial charge >= 0.3 is 0 Å². The molecule has 1 saturated heterocycles. The first-order valence-electron chi connectivity index (χ1n) is 21.4. The van der Waals surface area contributed by atoms with Crippen LogP contribution in [-0.2, 0) is 43.4 Å². The molecular weight excluding hydrogens is 783 g/mol. The Morgan fingerprint density at radius 2 is 1.73 bits per heavy atom. The Morgan fingerprint density at radius 1 is 0.949 bits per heavy atom. The second-order valence-corrected chi connectivity index (χ2v) is 17.4. The molecule has 0 amide bonds. The van der Waals surface area contributed by atoms with Gasteiger partial charge in [-0.15, -0.1) is 16.4 Å². The van der Waals surface area contributed by atoms with E-state index in [1.54, 1.807) is 16.0 Å². The summed E-state index contributed by atoms with van der Waals surface area (Å²) in [4.78, 5) is 3.68. The zero-order valence-corrected chi connectivity index (χ0v) is 37.0. The largest absolute Gasteiger partial charge is 0.378 e. The summed E-state index contributed by atoms with van der Waals surface area (Å²) in [5.74, 6) is 0. The molecule has 0 saturated carbocycles. The molecule has 2 aliphatic rings. The number of ether oxygens (including phenoxy) is 5. The van der Waals surface area contributed by atoms with Crippen molar-refractivity contribution in [2.75, 3.05) is 97.0 Å². The van der Waals surface area contributed by atoms with Gasteiger partial charge in [-0.3, -0.25) is 0 Å². The van der Waals surface area contributed by atoms with Gasteiger partial charge in [0.25, 0.3) is 0 Å². The predicted octanol–water partition coefficient (Wildman–Crippen LogP) is 7.27. The predicted molar refractivity (Wildman–Crippen MR) is 241 cm³/mol. The molecule has 2 aromatic heterocycles. The topological polar surface area (TPSA) is 107 Å². The van der Waals surface area contributed by atoms with E-state index < -0.39 is 0 Å². The van der Waals surface area contributed by atoms with E-state index in [1.807, 2.05) is 18.1 Å². The second-order valence-electron chi connectivity index (χ2n) is 15.2. The molecule has 59 heavy (non-hydrogen) atoms. The monoisotopic (exact) mass is 847 g/mol.